The van der Waals surface area contributed by atoms with Gasteiger partial charge in [-0.25, -0.2) is 4.98 Å². The van der Waals surface area contributed by atoms with Gasteiger partial charge in [0, 0.05) is 17.3 Å². The summed E-state index contributed by atoms with van der Waals surface area (Å²) in [6, 6.07) is 0. The molecule has 0 fully saturated rings. The Balaban J connectivity index is 1.90. The Bertz CT molecular complexity index is 199. The quantitative estimate of drug-likeness (QED) is 0.560. The topological polar surface area (TPSA) is 24.9 Å². The summed E-state index contributed by atoms with van der Waals surface area (Å²) >= 11 is 3.58. The van der Waals surface area contributed by atoms with Gasteiger partial charge in [0.1, 0.15) is 4.34 Å². The van der Waals surface area contributed by atoms with E-state index in [4.69, 9.17) is 0 Å². The van der Waals surface area contributed by atoms with Gasteiger partial charge in [-0.1, -0.05) is 18.7 Å². The predicted molar refractivity (Wildman–Crippen MR) is 60.6 cm³/mol. The van der Waals surface area contributed by atoms with Crippen molar-refractivity contribution in [3.63, 3.8) is 0 Å². The Labute approximate surface area is 88.2 Å². The van der Waals surface area contributed by atoms with E-state index < -0.39 is 0 Å². The predicted octanol–water partition coefficient (Wildman–Crippen LogP) is 2.62. The van der Waals surface area contributed by atoms with Crippen LogP contribution in [-0.4, -0.2) is 23.8 Å². The fourth-order valence-corrected chi connectivity index (χ4v) is 2.59. The number of nitrogens with zero attached hydrogens (tertiary/aromatic N) is 1. The van der Waals surface area contributed by atoms with E-state index in [1.54, 1.807) is 11.3 Å². The molecule has 0 bridgehead atoms. The van der Waals surface area contributed by atoms with Gasteiger partial charge in [0.15, 0.2) is 0 Å². The molecule has 4 heteroatoms. The van der Waals surface area contributed by atoms with Crippen molar-refractivity contribution >= 4 is 23.1 Å². The average molecular weight is 216 g/mol. The first-order valence-corrected chi connectivity index (χ1v) is 6.53. The molecule has 0 unspecified atom stereocenters. The molecule has 0 atom stereocenters. The normalized spacial score (nSPS) is 10.5. The minimum absolute atomic E-state index is 1.13. The molecule has 74 valence electrons. The minimum atomic E-state index is 1.13. The van der Waals surface area contributed by atoms with Crippen LogP contribution < -0.4 is 5.32 Å². The van der Waals surface area contributed by atoms with Crippen molar-refractivity contribution in [3.05, 3.63) is 11.6 Å². The van der Waals surface area contributed by atoms with Crippen molar-refractivity contribution in [2.24, 2.45) is 0 Å². The SMILES string of the molecule is CCCNCCCSc1nccs1. The molecule has 0 aliphatic rings. The second-order valence-corrected chi connectivity index (χ2v) is 4.99. The molecule has 1 heterocycles. The summed E-state index contributed by atoms with van der Waals surface area (Å²) in [5.74, 6) is 1.17. The molecule has 1 rings (SSSR count). The van der Waals surface area contributed by atoms with E-state index in [2.05, 4.69) is 17.2 Å². The van der Waals surface area contributed by atoms with Gasteiger partial charge < -0.3 is 5.32 Å². The summed E-state index contributed by atoms with van der Waals surface area (Å²) in [6.45, 7) is 4.46. The Kier molecular flexibility index (Phi) is 6.23. The van der Waals surface area contributed by atoms with E-state index in [0.717, 1.165) is 13.1 Å². The Morgan fingerprint density at radius 2 is 2.46 bits per heavy atom. The summed E-state index contributed by atoms with van der Waals surface area (Å²) in [5, 5.41) is 5.41. The zero-order valence-corrected chi connectivity index (χ0v) is 9.59. The fourth-order valence-electron chi connectivity index (χ4n) is 0.940. The van der Waals surface area contributed by atoms with Crippen molar-refractivity contribution in [1.29, 1.82) is 0 Å². The van der Waals surface area contributed by atoms with Crippen LogP contribution in [0.5, 0.6) is 0 Å². The van der Waals surface area contributed by atoms with Crippen molar-refractivity contribution < 1.29 is 0 Å². The van der Waals surface area contributed by atoms with Crippen molar-refractivity contribution in [3.8, 4) is 0 Å². The highest BCUT2D eigenvalue weighted by molar-refractivity contribution is 8.00. The first-order chi connectivity index (χ1) is 6.43. The number of aromatic nitrogens is 1. The lowest BCUT2D eigenvalue weighted by Gasteiger charge is -2.00. The van der Waals surface area contributed by atoms with Crippen LogP contribution in [-0.2, 0) is 0 Å². The monoisotopic (exact) mass is 216 g/mol. The molecule has 2 nitrogen and oxygen atoms in total. The summed E-state index contributed by atoms with van der Waals surface area (Å²) < 4.78 is 1.19. The molecule has 0 aromatic carbocycles. The number of thiazole rings is 1. The number of thioether (sulfide) groups is 1. The van der Waals surface area contributed by atoms with Gasteiger partial charge in [-0.3, -0.25) is 0 Å². The van der Waals surface area contributed by atoms with E-state index >= 15 is 0 Å². The van der Waals surface area contributed by atoms with Gasteiger partial charge in [-0.05, 0) is 25.9 Å². The Hall–Kier alpha value is -0.0600. The lowest BCUT2D eigenvalue weighted by molar-refractivity contribution is 0.664. The number of hydrogen-bond acceptors (Lipinski definition) is 4. The Morgan fingerprint density at radius 1 is 1.54 bits per heavy atom. The number of nitrogens with one attached hydrogen (secondary N) is 1. The molecule has 1 aromatic heterocycles. The summed E-state index contributed by atoms with van der Waals surface area (Å²) in [4.78, 5) is 4.21. The standard InChI is InChI=1S/C9H16N2S2/c1-2-4-10-5-3-7-12-9-11-6-8-13-9/h6,8,10H,2-5,7H2,1H3. The summed E-state index contributed by atoms with van der Waals surface area (Å²) in [6.07, 6.45) is 4.31. The molecule has 1 N–H and O–H groups in total. The first kappa shape index (κ1) is 11.0. The maximum atomic E-state index is 4.21. The van der Waals surface area contributed by atoms with Crippen molar-refractivity contribution in [2.45, 2.75) is 24.1 Å². The third-order valence-electron chi connectivity index (χ3n) is 1.56. The molecular weight excluding hydrogens is 200 g/mol. The van der Waals surface area contributed by atoms with E-state index in [1.165, 1.54) is 22.9 Å². The zero-order chi connectivity index (χ0) is 9.36. The minimum Gasteiger partial charge on any atom is -0.317 e. The highest BCUT2D eigenvalue weighted by Crippen LogP contribution is 2.20. The van der Waals surface area contributed by atoms with Crippen LogP contribution in [0.2, 0.25) is 0 Å². The van der Waals surface area contributed by atoms with E-state index in [0.29, 0.717) is 0 Å². The van der Waals surface area contributed by atoms with E-state index in [9.17, 15) is 0 Å². The van der Waals surface area contributed by atoms with Crippen LogP contribution in [0.4, 0.5) is 0 Å². The number of hydrogen-bond donors (Lipinski definition) is 1. The molecule has 0 aliphatic carbocycles. The summed E-state index contributed by atoms with van der Waals surface area (Å²) in [5.41, 5.74) is 0. The maximum Gasteiger partial charge on any atom is 0.149 e. The largest absolute Gasteiger partial charge is 0.317 e. The number of rotatable bonds is 7. The van der Waals surface area contributed by atoms with Gasteiger partial charge in [0.25, 0.3) is 0 Å². The van der Waals surface area contributed by atoms with Gasteiger partial charge in [0.2, 0.25) is 0 Å². The molecule has 0 saturated carbocycles. The Morgan fingerprint density at radius 3 is 3.15 bits per heavy atom. The van der Waals surface area contributed by atoms with Gasteiger partial charge in [-0.2, -0.15) is 0 Å². The first-order valence-electron chi connectivity index (χ1n) is 4.66. The molecular formula is C9H16N2S2. The lowest BCUT2D eigenvalue weighted by atomic mass is 10.4. The molecule has 0 spiro atoms. The molecule has 0 aliphatic heterocycles. The van der Waals surface area contributed by atoms with Crippen LogP contribution >= 0.6 is 23.1 Å². The van der Waals surface area contributed by atoms with E-state index in [-0.39, 0.29) is 0 Å². The average Bonchev–Trinajstić information content (AvgIpc) is 2.63. The second-order valence-electron chi connectivity index (χ2n) is 2.75. The van der Waals surface area contributed by atoms with E-state index in [1.807, 2.05) is 23.3 Å². The highest BCUT2D eigenvalue weighted by atomic mass is 32.2. The fraction of sp³-hybridized carbons (Fsp3) is 0.667. The maximum absolute atomic E-state index is 4.21. The van der Waals surface area contributed by atoms with Crippen molar-refractivity contribution in [2.75, 3.05) is 18.8 Å². The van der Waals surface area contributed by atoms with Crippen LogP contribution in [0.25, 0.3) is 0 Å². The van der Waals surface area contributed by atoms with Crippen LogP contribution in [0.3, 0.4) is 0 Å². The van der Waals surface area contributed by atoms with Crippen LogP contribution in [0, 0.1) is 0 Å². The molecule has 0 amide bonds. The highest BCUT2D eigenvalue weighted by Gasteiger charge is 1.94. The smallest absolute Gasteiger partial charge is 0.149 e. The third kappa shape index (κ3) is 5.29. The van der Waals surface area contributed by atoms with Gasteiger partial charge in [-0.15, -0.1) is 11.3 Å². The zero-order valence-electron chi connectivity index (χ0n) is 7.95. The molecule has 13 heavy (non-hydrogen) atoms. The van der Waals surface area contributed by atoms with Crippen molar-refractivity contribution in [1.82, 2.24) is 10.3 Å². The molecule has 1 aromatic rings. The second kappa shape index (κ2) is 7.35. The summed E-state index contributed by atoms with van der Waals surface area (Å²) in [7, 11) is 0. The lowest BCUT2D eigenvalue weighted by Crippen LogP contribution is -2.16. The molecule has 0 radical (unpaired) electrons. The van der Waals surface area contributed by atoms with Crippen LogP contribution in [0.15, 0.2) is 15.9 Å². The van der Waals surface area contributed by atoms with Gasteiger partial charge in [0.05, 0.1) is 0 Å². The molecule has 0 saturated heterocycles. The van der Waals surface area contributed by atoms with Crippen LogP contribution in [0.1, 0.15) is 19.8 Å². The third-order valence-corrected chi connectivity index (χ3v) is 3.61. The van der Waals surface area contributed by atoms with Gasteiger partial charge >= 0.3 is 0 Å².